The van der Waals surface area contributed by atoms with Crippen molar-refractivity contribution in [3.63, 3.8) is 0 Å². The molecule has 0 aromatic carbocycles. The van der Waals surface area contributed by atoms with E-state index in [0.29, 0.717) is 24.3 Å². The fraction of sp³-hybridized carbons (Fsp3) is 0.923. The topological polar surface area (TPSA) is 32.3 Å². The van der Waals surface area contributed by atoms with Crippen LogP contribution in [0.2, 0.25) is 0 Å². The first kappa shape index (κ1) is 14.8. The Bertz CT molecular complexity index is 227. The highest BCUT2D eigenvalue weighted by molar-refractivity contribution is 6.17. The number of nitrogens with zero attached hydrogens (tertiary/aromatic N) is 1. The largest absolute Gasteiger partial charge is 0.355 e. The van der Waals surface area contributed by atoms with Crippen molar-refractivity contribution in [2.45, 2.75) is 45.6 Å². The van der Waals surface area contributed by atoms with Crippen LogP contribution in [-0.4, -0.2) is 42.4 Å². The molecule has 1 saturated heterocycles. The molecule has 0 bridgehead atoms. The predicted molar refractivity (Wildman–Crippen MR) is 72.4 cm³/mol. The fourth-order valence-electron chi connectivity index (χ4n) is 2.39. The van der Waals surface area contributed by atoms with Crippen LogP contribution in [-0.2, 0) is 4.79 Å². The Kier molecular flexibility index (Phi) is 6.90. The zero-order valence-corrected chi connectivity index (χ0v) is 11.8. The number of nitrogens with one attached hydrogen (secondary N) is 1. The van der Waals surface area contributed by atoms with Gasteiger partial charge < -0.3 is 5.32 Å². The summed E-state index contributed by atoms with van der Waals surface area (Å²) < 4.78 is 0. The normalized spacial score (nSPS) is 18.6. The number of amides is 1. The van der Waals surface area contributed by atoms with Gasteiger partial charge in [-0.2, -0.15) is 0 Å². The molecule has 1 heterocycles. The van der Waals surface area contributed by atoms with Gasteiger partial charge in [0.25, 0.3) is 0 Å². The van der Waals surface area contributed by atoms with Crippen LogP contribution in [0.3, 0.4) is 0 Å². The van der Waals surface area contributed by atoms with Gasteiger partial charge in [-0.15, -0.1) is 11.6 Å². The van der Waals surface area contributed by atoms with Gasteiger partial charge in [0.1, 0.15) is 0 Å². The summed E-state index contributed by atoms with van der Waals surface area (Å²) >= 11 is 5.57. The van der Waals surface area contributed by atoms with Gasteiger partial charge in [-0.3, -0.25) is 9.69 Å². The highest BCUT2D eigenvalue weighted by Crippen LogP contribution is 2.17. The van der Waals surface area contributed by atoms with Crippen molar-refractivity contribution in [3.8, 4) is 0 Å². The average molecular weight is 261 g/mol. The number of rotatable bonds is 7. The number of halogens is 1. The molecule has 0 aromatic rings. The molecule has 0 spiro atoms. The van der Waals surface area contributed by atoms with E-state index in [1.54, 1.807) is 0 Å². The lowest BCUT2D eigenvalue weighted by Crippen LogP contribution is -2.45. The molecule has 1 amide bonds. The highest BCUT2D eigenvalue weighted by Gasteiger charge is 2.24. The summed E-state index contributed by atoms with van der Waals surface area (Å²) in [6, 6.07) is 0.484. The van der Waals surface area contributed by atoms with E-state index in [0.717, 1.165) is 13.0 Å². The van der Waals surface area contributed by atoms with Crippen molar-refractivity contribution in [1.29, 1.82) is 0 Å². The molecule has 1 atom stereocenters. The quantitative estimate of drug-likeness (QED) is 0.712. The molecule has 1 N–H and O–H groups in total. The van der Waals surface area contributed by atoms with Crippen LogP contribution in [0.4, 0.5) is 0 Å². The van der Waals surface area contributed by atoms with Gasteiger partial charge in [0.15, 0.2) is 0 Å². The minimum atomic E-state index is 0.135. The van der Waals surface area contributed by atoms with Gasteiger partial charge in [-0.05, 0) is 38.3 Å². The summed E-state index contributed by atoms with van der Waals surface area (Å²) in [6.07, 6.45) is 3.91. The molecular weight excluding hydrogens is 236 g/mol. The molecule has 1 fully saturated rings. The van der Waals surface area contributed by atoms with E-state index in [-0.39, 0.29) is 5.91 Å². The standard InChI is InChI=1S/C13H25ClN2O/c1-11(2)12(16-8-3-4-9-16)10-15-13(17)6-5-7-14/h11-12H,3-10H2,1-2H3,(H,15,17). The van der Waals surface area contributed by atoms with Gasteiger partial charge in [-0.25, -0.2) is 0 Å². The second kappa shape index (κ2) is 7.93. The Hall–Kier alpha value is -0.280. The molecular formula is C13H25ClN2O. The van der Waals surface area contributed by atoms with Crippen LogP contribution in [0, 0.1) is 5.92 Å². The summed E-state index contributed by atoms with van der Waals surface area (Å²) in [5.74, 6) is 1.28. The van der Waals surface area contributed by atoms with Gasteiger partial charge in [0.2, 0.25) is 5.91 Å². The third-order valence-electron chi connectivity index (χ3n) is 3.43. The molecule has 1 aliphatic rings. The molecule has 0 aromatic heterocycles. The SMILES string of the molecule is CC(C)C(CNC(=O)CCCCl)N1CCCC1. The first-order valence-electron chi connectivity index (χ1n) is 6.72. The molecule has 0 aliphatic carbocycles. The second-order valence-electron chi connectivity index (χ2n) is 5.15. The Balaban J connectivity index is 2.31. The molecule has 0 radical (unpaired) electrons. The van der Waals surface area contributed by atoms with E-state index in [2.05, 4.69) is 24.1 Å². The lowest BCUT2D eigenvalue weighted by atomic mass is 10.0. The number of alkyl halides is 1. The smallest absolute Gasteiger partial charge is 0.220 e. The van der Waals surface area contributed by atoms with Crippen molar-refractivity contribution in [2.75, 3.05) is 25.5 Å². The third kappa shape index (κ3) is 5.26. The number of carbonyl (C=O) groups is 1. The summed E-state index contributed by atoms with van der Waals surface area (Å²) in [6.45, 7) is 7.60. The van der Waals surface area contributed by atoms with E-state index >= 15 is 0 Å². The maximum absolute atomic E-state index is 11.6. The summed E-state index contributed by atoms with van der Waals surface area (Å²) in [5, 5.41) is 3.04. The van der Waals surface area contributed by atoms with Crippen molar-refractivity contribution in [2.24, 2.45) is 5.92 Å². The number of hydrogen-bond acceptors (Lipinski definition) is 2. The fourth-order valence-corrected chi connectivity index (χ4v) is 2.53. The van der Waals surface area contributed by atoms with E-state index in [1.807, 2.05) is 0 Å². The Morgan fingerprint density at radius 3 is 2.53 bits per heavy atom. The van der Waals surface area contributed by atoms with Crippen LogP contribution in [0.1, 0.15) is 39.5 Å². The minimum Gasteiger partial charge on any atom is -0.355 e. The average Bonchev–Trinajstić information content (AvgIpc) is 2.79. The first-order valence-corrected chi connectivity index (χ1v) is 7.25. The summed E-state index contributed by atoms with van der Waals surface area (Å²) in [7, 11) is 0. The van der Waals surface area contributed by atoms with Crippen molar-refractivity contribution >= 4 is 17.5 Å². The van der Waals surface area contributed by atoms with Gasteiger partial charge in [-0.1, -0.05) is 13.8 Å². The number of carbonyl (C=O) groups excluding carboxylic acids is 1. The zero-order valence-electron chi connectivity index (χ0n) is 11.0. The lowest BCUT2D eigenvalue weighted by molar-refractivity contribution is -0.121. The molecule has 1 rings (SSSR count). The molecule has 4 heteroatoms. The molecule has 0 saturated carbocycles. The van der Waals surface area contributed by atoms with Gasteiger partial charge >= 0.3 is 0 Å². The summed E-state index contributed by atoms with van der Waals surface area (Å²) in [4.78, 5) is 14.1. The summed E-state index contributed by atoms with van der Waals surface area (Å²) in [5.41, 5.74) is 0. The minimum absolute atomic E-state index is 0.135. The molecule has 3 nitrogen and oxygen atoms in total. The third-order valence-corrected chi connectivity index (χ3v) is 3.69. The van der Waals surface area contributed by atoms with Crippen LogP contribution >= 0.6 is 11.6 Å². The second-order valence-corrected chi connectivity index (χ2v) is 5.53. The number of hydrogen-bond donors (Lipinski definition) is 1. The Morgan fingerprint density at radius 2 is 2.00 bits per heavy atom. The van der Waals surface area contributed by atoms with Crippen LogP contribution in [0.5, 0.6) is 0 Å². The lowest BCUT2D eigenvalue weighted by Gasteiger charge is -2.31. The van der Waals surface area contributed by atoms with Gasteiger partial charge in [0.05, 0.1) is 0 Å². The van der Waals surface area contributed by atoms with E-state index in [9.17, 15) is 4.79 Å². The maximum Gasteiger partial charge on any atom is 0.220 e. The van der Waals surface area contributed by atoms with E-state index in [1.165, 1.54) is 25.9 Å². The zero-order chi connectivity index (χ0) is 12.7. The maximum atomic E-state index is 11.6. The Morgan fingerprint density at radius 1 is 1.35 bits per heavy atom. The highest BCUT2D eigenvalue weighted by atomic mass is 35.5. The molecule has 1 aliphatic heterocycles. The van der Waals surface area contributed by atoms with Gasteiger partial charge in [0, 0.05) is 24.9 Å². The monoisotopic (exact) mass is 260 g/mol. The number of likely N-dealkylation sites (tertiary alicyclic amines) is 1. The van der Waals surface area contributed by atoms with Crippen molar-refractivity contribution in [3.05, 3.63) is 0 Å². The van der Waals surface area contributed by atoms with Crippen molar-refractivity contribution in [1.82, 2.24) is 10.2 Å². The molecule has 1 unspecified atom stereocenters. The Labute approximate surface area is 110 Å². The van der Waals surface area contributed by atoms with Crippen LogP contribution in [0.25, 0.3) is 0 Å². The van der Waals surface area contributed by atoms with Crippen LogP contribution in [0.15, 0.2) is 0 Å². The van der Waals surface area contributed by atoms with Crippen molar-refractivity contribution < 1.29 is 4.79 Å². The first-order chi connectivity index (χ1) is 8.15. The van der Waals surface area contributed by atoms with E-state index < -0.39 is 0 Å². The predicted octanol–water partition coefficient (Wildman–Crippen LogP) is 2.24. The van der Waals surface area contributed by atoms with E-state index in [4.69, 9.17) is 11.6 Å². The molecule has 17 heavy (non-hydrogen) atoms. The van der Waals surface area contributed by atoms with Crippen LogP contribution < -0.4 is 5.32 Å². The molecule has 100 valence electrons.